The number of likely N-dealkylation sites (N-methyl/N-ethyl adjacent to an activating group) is 1. The average molecular weight is 248 g/mol. The van der Waals surface area contributed by atoms with Gasteiger partial charge in [-0.15, -0.1) is 0 Å². The molecule has 98 valence electrons. The molecular formula is C14H20N2O2. The van der Waals surface area contributed by atoms with Crippen molar-refractivity contribution in [2.24, 2.45) is 0 Å². The summed E-state index contributed by atoms with van der Waals surface area (Å²) in [5, 5.41) is 2.83. The van der Waals surface area contributed by atoms with Crippen molar-refractivity contribution in [3.8, 4) is 0 Å². The maximum atomic E-state index is 11.6. The van der Waals surface area contributed by atoms with Gasteiger partial charge >= 0.3 is 6.09 Å². The van der Waals surface area contributed by atoms with E-state index in [0.29, 0.717) is 13.2 Å². The van der Waals surface area contributed by atoms with Crippen LogP contribution in [0, 0.1) is 0 Å². The minimum atomic E-state index is -0.341. The molecule has 0 radical (unpaired) electrons. The normalized spacial score (nSPS) is 16.4. The van der Waals surface area contributed by atoms with Crippen molar-refractivity contribution in [3.05, 3.63) is 35.9 Å². The van der Waals surface area contributed by atoms with Gasteiger partial charge in [-0.3, -0.25) is 0 Å². The maximum absolute atomic E-state index is 11.6. The summed E-state index contributed by atoms with van der Waals surface area (Å²) in [6, 6.07) is 9.69. The highest BCUT2D eigenvalue weighted by Gasteiger charge is 2.44. The van der Waals surface area contributed by atoms with Crippen molar-refractivity contribution < 1.29 is 9.53 Å². The van der Waals surface area contributed by atoms with Gasteiger partial charge in [0.25, 0.3) is 0 Å². The molecule has 1 aliphatic rings. The van der Waals surface area contributed by atoms with Gasteiger partial charge in [0, 0.05) is 12.1 Å². The van der Waals surface area contributed by atoms with Crippen molar-refractivity contribution >= 4 is 6.09 Å². The second-order valence-corrected chi connectivity index (χ2v) is 5.03. The molecule has 0 spiro atoms. The number of alkyl carbamates (subject to hydrolysis) is 1. The number of carbonyl (C=O) groups is 1. The third kappa shape index (κ3) is 3.23. The molecule has 2 rings (SSSR count). The summed E-state index contributed by atoms with van der Waals surface area (Å²) < 4.78 is 5.16. The van der Waals surface area contributed by atoms with E-state index in [1.54, 1.807) is 0 Å². The molecule has 0 bridgehead atoms. The Kier molecular flexibility index (Phi) is 3.87. The summed E-state index contributed by atoms with van der Waals surface area (Å²) in [7, 11) is 4.09. The molecule has 1 amide bonds. The fraction of sp³-hybridized carbons (Fsp3) is 0.500. The number of ether oxygens (including phenoxy) is 1. The Bertz CT molecular complexity index is 400. The Morgan fingerprint density at radius 3 is 2.56 bits per heavy atom. The minimum absolute atomic E-state index is 0.158. The summed E-state index contributed by atoms with van der Waals surface area (Å²) in [5.74, 6) is 0. The van der Waals surface area contributed by atoms with E-state index in [0.717, 1.165) is 18.4 Å². The van der Waals surface area contributed by atoms with Crippen LogP contribution < -0.4 is 5.32 Å². The van der Waals surface area contributed by atoms with Crippen LogP contribution in [0.25, 0.3) is 0 Å². The smallest absolute Gasteiger partial charge is 0.407 e. The van der Waals surface area contributed by atoms with Crippen LogP contribution >= 0.6 is 0 Å². The Hall–Kier alpha value is -1.55. The number of carbonyl (C=O) groups excluding carboxylic acids is 1. The van der Waals surface area contributed by atoms with E-state index in [2.05, 4.69) is 10.2 Å². The van der Waals surface area contributed by atoms with Crippen LogP contribution in [0.15, 0.2) is 30.3 Å². The lowest BCUT2D eigenvalue weighted by molar-refractivity contribution is 0.135. The van der Waals surface area contributed by atoms with E-state index in [1.807, 2.05) is 44.4 Å². The van der Waals surface area contributed by atoms with Gasteiger partial charge in [-0.25, -0.2) is 4.79 Å². The maximum Gasteiger partial charge on any atom is 0.407 e. The van der Waals surface area contributed by atoms with Gasteiger partial charge in [-0.05, 0) is 32.5 Å². The largest absolute Gasteiger partial charge is 0.445 e. The van der Waals surface area contributed by atoms with Gasteiger partial charge in [0.15, 0.2) is 0 Å². The lowest BCUT2D eigenvalue weighted by atomic mass is 10.2. The quantitative estimate of drug-likeness (QED) is 0.866. The second-order valence-electron chi connectivity index (χ2n) is 5.03. The molecule has 1 aliphatic carbocycles. The number of amides is 1. The molecule has 4 heteroatoms. The zero-order valence-corrected chi connectivity index (χ0v) is 11.0. The van der Waals surface area contributed by atoms with Crippen LogP contribution in [0.2, 0.25) is 0 Å². The predicted octanol–water partition coefficient (Wildman–Crippen LogP) is 2.01. The molecule has 4 nitrogen and oxygen atoms in total. The third-order valence-electron chi connectivity index (χ3n) is 3.55. The topological polar surface area (TPSA) is 41.6 Å². The first-order valence-electron chi connectivity index (χ1n) is 6.24. The molecule has 0 unspecified atom stereocenters. The van der Waals surface area contributed by atoms with Gasteiger partial charge in [-0.2, -0.15) is 0 Å². The van der Waals surface area contributed by atoms with Gasteiger partial charge in [0.2, 0.25) is 0 Å². The number of hydrogen-bond acceptors (Lipinski definition) is 3. The van der Waals surface area contributed by atoms with Gasteiger partial charge in [-0.1, -0.05) is 30.3 Å². The number of hydrogen-bond donors (Lipinski definition) is 1. The average Bonchev–Trinajstić information content (AvgIpc) is 3.16. The van der Waals surface area contributed by atoms with E-state index in [-0.39, 0.29) is 11.6 Å². The number of nitrogens with one attached hydrogen (secondary N) is 1. The van der Waals surface area contributed by atoms with Crippen LogP contribution in [-0.4, -0.2) is 37.2 Å². The van der Waals surface area contributed by atoms with Crippen LogP contribution in [0.3, 0.4) is 0 Å². The molecule has 0 aromatic heterocycles. The third-order valence-corrected chi connectivity index (χ3v) is 3.55. The predicted molar refractivity (Wildman–Crippen MR) is 70.3 cm³/mol. The highest BCUT2D eigenvalue weighted by atomic mass is 16.5. The minimum Gasteiger partial charge on any atom is -0.445 e. The summed E-state index contributed by atoms with van der Waals surface area (Å²) in [6.07, 6.45) is 1.93. The molecule has 0 saturated heterocycles. The van der Waals surface area contributed by atoms with E-state index < -0.39 is 0 Å². The van der Waals surface area contributed by atoms with Crippen molar-refractivity contribution in [2.45, 2.75) is 25.0 Å². The number of rotatable bonds is 5. The van der Waals surface area contributed by atoms with E-state index in [9.17, 15) is 4.79 Å². The molecule has 1 aromatic carbocycles. The van der Waals surface area contributed by atoms with Crippen molar-refractivity contribution in [3.63, 3.8) is 0 Å². The molecule has 0 atom stereocenters. The van der Waals surface area contributed by atoms with Crippen LogP contribution in [0.5, 0.6) is 0 Å². The highest BCUT2D eigenvalue weighted by Crippen LogP contribution is 2.39. The standard InChI is InChI=1S/C14H20N2O2/c1-16(2)14(8-9-14)11-15-13(17)18-10-12-6-4-3-5-7-12/h3-7H,8-11H2,1-2H3,(H,15,17). The zero-order valence-electron chi connectivity index (χ0n) is 11.0. The molecule has 0 heterocycles. The second kappa shape index (κ2) is 5.40. The van der Waals surface area contributed by atoms with Crippen molar-refractivity contribution in [1.82, 2.24) is 10.2 Å². The van der Waals surface area contributed by atoms with Crippen LogP contribution in [0.1, 0.15) is 18.4 Å². The van der Waals surface area contributed by atoms with Crippen LogP contribution in [-0.2, 0) is 11.3 Å². The molecular weight excluding hydrogens is 228 g/mol. The molecule has 1 saturated carbocycles. The molecule has 1 N–H and O–H groups in total. The molecule has 1 fully saturated rings. The summed E-state index contributed by atoms with van der Waals surface area (Å²) >= 11 is 0. The Labute approximate surface area is 108 Å². The summed E-state index contributed by atoms with van der Waals surface area (Å²) in [5.41, 5.74) is 1.16. The van der Waals surface area contributed by atoms with Crippen LogP contribution in [0.4, 0.5) is 4.79 Å². The Balaban J connectivity index is 1.70. The lowest BCUT2D eigenvalue weighted by Gasteiger charge is -2.23. The summed E-state index contributed by atoms with van der Waals surface area (Å²) in [6.45, 7) is 0.981. The first-order chi connectivity index (χ1) is 8.62. The zero-order chi connectivity index (χ0) is 13.0. The fourth-order valence-corrected chi connectivity index (χ4v) is 1.94. The van der Waals surface area contributed by atoms with Crippen molar-refractivity contribution in [2.75, 3.05) is 20.6 Å². The van der Waals surface area contributed by atoms with E-state index >= 15 is 0 Å². The SMILES string of the molecule is CN(C)C1(CNC(=O)OCc2ccccc2)CC1. The van der Waals surface area contributed by atoms with Gasteiger partial charge in [0.05, 0.1) is 0 Å². The number of nitrogens with zero attached hydrogens (tertiary/aromatic N) is 1. The highest BCUT2D eigenvalue weighted by molar-refractivity contribution is 5.67. The monoisotopic (exact) mass is 248 g/mol. The van der Waals surface area contributed by atoms with E-state index in [1.165, 1.54) is 0 Å². The first kappa shape index (κ1) is 12.9. The van der Waals surface area contributed by atoms with E-state index in [4.69, 9.17) is 4.74 Å². The Morgan fingerprint density at radius 2 is 2.00 bits per heavy atom. The first-order valence-corrected chi connectivity index (χ1v) is 6.24. The fourth-order valence-electron chi connectivity index (χ4n) is 1.94. The lowest BCUT2D eigenvalue weighted by Crippen LogP contribution is -2.42. The van der Waals surface area contributed by atoms with Gasteiger partial charge < -0.3 is 15.0 Å². The number of benzene rings is 1. The van der Waals surface area contributed by atoms with Crippen molar-refractivity contribution in [1.29, 1.82) is 0 Å². The molecule has 1 aromatic rings. The molecule has 0 aliphatic heterocycles. The molecule has 18 heavy (non-hydrogen) atoms. The summed E-state index contributed by atoms with van der Waals surface area (Å²) in [4.78, 5) is 13.7. The Morgan fingerprint density at radius 1 is 1.33 bits per heavy atom. The van der Waals surface area contributed by atoms with Gasteiger partial charge in [0.1, 0.15) is 6.61 Å².